The molecule has 2 aromatic rings. The summed E-state index contributed by atoms with van der Waals surface area (Å²) in [6.07, 6.45) is 0. The molecule has 0 amide bonds. The van der Waals surface area contributed by atoms with E-state index in [0.29, 0.717) is 12.3 Å². The maximum Gasteiger partial charge on any atom is 0.357 e. The highest BCUT2D eigenvalue weighted by atomic mass is 79.9. The van der Waals surface area contributed by atoms with Crippen molar-refractivity contribution in [1.82, 2.24) is 4.98 Å². The highest BCUT2D eigenvalue weighted by Crippen LogP contribution is 2.25. The number of halogens is 1. The molecule has 19 heavy (non-hydrogen) atoms. The van der Waals surface area contributed by atoms with Gasteiger partial charge in [-0.05, 0) is 28.9 Å². The van der Waals surface area contributed by atoms with Crippen molar-refractivity contribution < 1.29 is 9.53 Å². The van der Waals surface area contributed by atoms with E-state index in [2.05, 4.69) is 32.4 Å². The van der Waals surface area contributed by atoms with Gasteiger partial charge >= 0.3 is 5.97 Å². The van der Waals surface area contributed by atoms with Crippen molar-refractivity contribution in [1.29, 1.82) is 0 Å². The molecule has 0 aromatic carbocycles. The molecule has 0 atom stereocenters. The Labute approximate surface area is 128 Å². The molecular formula is C12H13BrN2O2S2. The number of esters is 1. The quantitative estimate of drug-likeness (QED) is 0.760. The molecule has 2 aromatic heterocycles. The van der Waals surface area contributed by atoms with Crippen molar-refractivity contribution in [2.45, 2.75) is 13.5 Å². The summed E-state index contributed by atoms with van der Waals surface area (Å²) in [6, 6.07) is 2.08. The lowest BCUT2D eigenvalue weighted by Crippen LogP contribution is -2.15. The minimum absolute atomic E-state index is 0.364. The fraction of sp³-hybridized carbons (Fsp3) is 0.333. The normalized spacial score (nSPS) is 10.5. The minimum Gasteiger partial charge on any atom is -0.461 e. The van der Waals surface area contributed by atoms with Crippen LogP contribution in [0.1, 0.15) is 22.3 Å². The maximum atomic E-state index is 11.5. The summed E-state index contributed by atoms with van der Waals surface area (Å²) in [5.41, 5.74) is 0.376. The van der Waals surface area contributed by atoms with E-state index >= 15 is 0 Å². The van der Waals surface area contributed by atoms with Crippen LogP contribution in [0.4, 0.5) is 5.13 Å². The summed E-state index contributed by atoms with van der Waals surface area (Å²) in [5, 5.41) is 4.59. The molecule has 0 unspecified atom stereocenters. The summed E-state index contributed by atoms with van der Waals surface area (Å²) in [6.45, 7) is 2.92. The second kappa shape index (κ2) is 6.49. The molecule has 0 saturated heterocycles. The van der Waals surface area contributed by atoms with E-state index in [9.17, 15) is 4.79 Å². The smallest absolute Gasteiger partial charge is 0.357 e. The highest BCUT2D eigenvalue weighted by molar-refractivity contribution is 9.10. The number of carbonyl (C=O) groups excluding carboxylic acids is 1. The van der Waals surface area contributed by atoms with Crippen LogP contribution in [-0.4, -0.2) is 24.6 Å². The average molecular weight is 361 g/mol. The van der Waals surface area contributed by atoms with E-state index in [1.165, 1.54) is 16.2 Å². The third-order valence-corrected chi connectivity index (χ3v) is 4.96. The first-order valence-electron chi connectivity index (χ1n) is 5.67. The van der Waals surface area contributed by atoms with Gasteiger partial charge in [-0.25, -0.2) is 9.78 Å². The Morgan fingerprint density at radius 3 is 2.89 bits per heavy atom. The van der Waals surface area contributed by atoms with E-state index in [1.54, 1.807) is 23.6 Å². The summed E-state index contributed by atoms with van der Waals surface area (Å²) in [5.74, 6) is -0.364. The first-order valence-corrected chi connectivity index (χ1v) is 8.22. The Morgan fingerprint density at radius 2 is 2.26 bits per heavy atom. The zero-order chi connectivity index (χ0) is 13.8. The van der Waals surface area contributed by atoms with Gasteiger partial charge in [0.15, 0.2) is 10.8 Å². The van der Waals surface area contributed by atoms with Gasteiger partial charge in [0, 0.05) is 27.2 Å². The third-order valence-electron chi connectivity index (χ3n) is 2.32. The van der Waals surface area contributed by atoms with Gasteiger partial charge in [-0.3, -0.25) is 0 Å². The van der Waals surface area contributed by atoms with E-state index in [-0.39, 0.29) is 5.97 Å². The Hall–Kier alpha value is -0.920. The fourth-order valence-corrected chi connectivity index (χ4v) is 3.74. The first kappa shape index (κ1) is 14.5. The van der Waals surface area contributed by atoms with Gasteiger partial charge in [0.05, 0.1) is 13.2 Å². The van der Waals surface area contributed by atoms with Crippen LogP contribution in [0, 0.1) is 0 Å². The molecule has 7 heteroatoms. The predicted molar refractivity (Wildman–Crippen MR) is 82.2 cm³/mol. The molecule has 0 radical (unpaired) electrons. The van der Waals surface area contributed by atoms with Gasteiger partial charge in [-0.15, -0.1) is 22.7 Å². The lowest BCUT2D eigenvalue weighted by atomic mass is 10.4. The number of rotatable bonds is 5. The molecular weight excluding hydrogens is 348 g/mol. The van der Waals surface area contributed by atoms with Gasteiger partial charge in [0.2, 0.25) is 0 Å². The number of ether oxygens (including phenoxy) is 1. The van der Waals surface area contributed by atoms with E-state index in [1.807, 2.05) is 11.9 Å². The molecule has 102 valence electrons. The highest BCUT2D eigenvalue weighted by Gasteiger charge is 2.14. The largest absolute Gasteiger partial charge is 0.461 e. The van der Waals surface area contributed by atoms with Crippen LogP contribution in [0.5, 0.6) is 0 Å². The van der Waals surface area contributed by atoms with Gasteiger partial charge in [0.25, 0.3) is 0 Å². The molecule has 0 N–H and O–H groups in total. The number of hydrogen-bond donors (Lipinski definition) is 0. The average Bonchev–Trinajstić information content (AvgIpc) is 2.98. The number of nitrogens with zero attached hydrogens (tertiary/aromatic N) is 2. The number of anilines is 1. The van der Waals surface area contributed by atoms with Gasteiger partial charge in [-0.2, -0.15) is 0 Å². The molecule has 0 aliphatic rings. The second-order valence-corrected chi connectivity index (χ2v) is 6.57. The Kier molecular flexibility index (Phi) is 4.95. The molecule has 0 saturated carbocycles. The predicted octanol–water partition coefficient (Wildman–Crippen LogP) is 3.78. The van der Waals surface area contributed by atoms with E-state index in [4.69, 9.17) is 4.74 Å². The van der Waals surface area contributed by atoms with Crippen LogP contribution in [0.15, 0.2) is 21.3 Å². The van der Waals surface area contributed by atoms with Crippen LogP contribution in [0.3, 0.4) is 0 Å². The van der Waals surface area contributed by atoms with Crippen LogP contribution in [0.2, 0.25) is 0 Å². The lowest BCUT2D eigenvalue weighted by Gasteiger charge is -2.13. The number of aromatic nitrogens is 1. The number of thiophene rings is 1. The zero-order valence-electron chi connectivity index (χ0n) is 10.6. The van der Waals surface area contributed by atoms with Crippen molar-refractivity contribution in [2.24, 2.45) is 0 Å². The van der Waals surface area contributed by atoms with E-state index < -0.39 is 0 Å². The Balaban J connectivity index is 2.03. The van der Waals surface area contributed by atoms with Crippen molar-refractivity contribution in [3.05, 3.63) is 31.9 Å². The number of hydrogen-bond acceptors (Lipinski definition) is 6. The molecule has 0 aliphatic carbocycles. The standard InChI is InChI=1S/C12H13BrN2O2S2/c1-3-17-11(16)10-7-19-12(14-10)15(2)5-9-4-8(13)6-18-9/h4,6-7H,3,5H2,1-2H3. The van der Waals surface area contributed by atoms with Crippen molar-refractivity contribution in [2.75, 3.05) is 18.6 Å². The molecule has 0 bridgehead atoms. The second-order valence-electron chi connectivity index (χ2n) is 3.82. The number of carbonyl (C=O) groups is 1. The lowest BCUT2D eigenvalue weighted by molar-refractivity contribution is 0.0520. The molecule has 2 rings (SSSR count). The van der Waals surface area contributed by atoms with Crippen LogP contribution in [-0.2, 0) is 11.3 Å². The molecule has 2 heterocycles. The maximum absolute atomic E-state index is 11.5. The van der Waals surface area contributed by atoms with Crippen molar-refractivity contribution in [3.63, 3.8) is 0 Å². The Morgan fingerprint density at radius 1 is 1.47 bits per heavy atom. The molecule has 4 nitrogen and oxygen atoms in total. The molecule has 0 spiro atoms. The van der Waals surface area contributed by atoms with Crippen LogP contribution >= 0.6 is 38.6 Å². The van der Waals surface area contributed by atoms with E-state index in [0.717, 1.165) is 16.1 Å². The first-order chi connectivity index (χ1) is 9.10. The third kappa shape index (κ3) is 3.77. The van der Waals surface area contributed by atoms with Gasteiger partial charge < -0.3 is 9.64 Å². The topological polar surface area (TPSA) is 42.4 Å². The SMILES string of the molecule is CCOC(=O)c1csc(N(C)Cc2cc(Br)cs2)n1. The monoisotopic (exact) mass is 360 g/mol. The summed E-state index contributed by atoms with van der Waals surface area (Å²) in [4.78, 5) is 19.1. The van der Waals surface area contributed by atoms with Crippen LogP contribution in [0.25, 0.3) is 0 Å². The number of thiazole rings is 1. The summed E-state index contributed by atoms with van der Waals surface area (Å²) in [7, 11) is 1.96. The summed E-state index contributed by atoms with van der Waals surface area (Å²) < 4.78 is 6.02. The Bertz CT molecular complexity index is 568. The fourth-order valence-electron chi connectivity index (χ4n) is 1.48. The van der Waals surface area contributed by atoms with Crippen molar-refractivity contribution >= 4 is 49.7 Å². The summed E-state index contributed by atoms with van der Waals surface area (Å²) >= 11 is 6.57. The zero-order valence-corrected chi connectivity index (χ0v) is 13.8. The molecule has 0 fully saturated rings. The minimum atomic E-state index is -0.364. The van der Waals surface area contributed by atoms with Crippen LogP contribution < -0.4 is 4.90 Å². The van der Waals surface area contributed by atoms with Gasteiger partial charge in [0.1, 0.15) is 0 Å². The van der Waals surface area contributed by atoms with Gasteiger partial charge in [-0.1, -0.05) is 0 Å². The molecule has 0 aliphatic heterocycles. The van der Waals surface area contributed by atoms with Crippen molar-refractivity contribution in [3.8, 4) is 0 Å².